The van der Waals surface area contributed by atoms with Crippen LogP contribution < -0.4 is 0 Å². The van der Waals surface area contributed by atoms with Crippen LogP contribution in [0.15, 0.2) is 103 Å². The van der Waals surface area contributed by atoms with Gasteiger partial charge in [0.15, 0.2) is 0 Å². The van der Waals surface area contributed by atoms with E-state index in [2.05, 4.69) is 84.6 Å². The number of benzene rings is 4. The Morgan fingerprint density at radius 1 is 0.860 bits per heavy atom. The van der Waals surface area contributed by atoms with Crippen molar-refractivity contribution >= 4 is 29.8 Å². The molecular weight excluding hydrogens is 576 g/mol. The maximum Gasteiger partial charge on any atom is 0.133 e. The third kappa shape index (κ3) is 8.35. The SMILES string of the molecule is CC1c2cc(Cl)ccc2CCN1CCCC(CCCC(=O)CCc1ccc(F)cc1)(c1ccccc1)c1ccccc1.Cl. The Kier molecular flexibility index (Phi) is 12.0. The molecule has 0 bridgehead atoms. The number of nitrogens with zero attached hydrogens (tertiary/aromatic N) is 1. The third-order valence-electron chi connectivity index (χ3n) is 9.14. The summed E-state index contributed by atoms with van der Waals surface area (Å²) in [7, 11) is 0. The Morgan fingerprint density at radius 2 is 1.49 bits per heavy atom. The van der Waals surface area contributed by atoms with E-state index in [9.17, 15) is 9.18 Å². The van der Waals surface area contributed by atoms with Crippen molar-refractivity contribution in [1.29, 1.82) is 0 Å². The molecule has 0 radical (unpaired) electrons. The van der Waals surface area contributed by atoms with Crippen molar-refractivity contribution in [2.45, 2.75) is 69.7 Å². The Bertz CT molecular complexity index is 1400. The van der Waals surface area contributed by atoms with E-state index in [-0.39, 0.29) is 29.4 Å². The number of carbonyl (C=O) groups excluding carboxylic acids is 1. The molecule has 43 heavy (non-hydrogen) atoms. The molecule has 0 aliphatic carbocycles. The minimum absolute atomic E-state index is 0. The summed E-state index contributed by atoms with van der Waals surface area (Å²) in [4.78, 5) is 15.5. The second-order valence-electron chi connectivity index (χ2n) is 11.7. The van der Waals surface area contributed by atoms with Gasteiger partial charge >= 0.3 is 0 Å². The molecule has 0 aromatic heterocycles. The molecule has 0 saturated carbocycles. The number of hydrogen-bond acceptors (Lipinski definition) is 2. The van der Waals surface area contributed by atoms with Gasteiger partial charge in [0, 0.05) is 35.9 Å². The second-order valence-corrected chi connectivity index (χ2v) is 12.2. The fraction of sp³-hybridized carbons (Fsp3) is 0.342. The molecule has 226 valence electrons. The Labute approximate surface area is 267 Å². The Hall–Kier alpha value is -2.98. The van der Waals surface area contributed by atoms with Crippen LogP contribution in [0.5, 0.6) is 0 Å². The largest absolute Gasteiger partial charge is 0.300 e. The van der Waals surface area contributed by atoms with Gasteiger partial charge < -0.3 is 0 Å². The van der Waals surface area contributed by atoms with Gasteiger partial charge in [-0.05, 0) is 104 Å². The molecule has 1 aliphatic rings. The first-order valence-electron chi connectivity index (χ1n) is 15.3. The van der Waals surface area contributed by atoms with E-state index in [1.54, 1.807) is 12.1 Å². The lowest BCUT2D eigenvalue weighted by Crippen LogP contribution is -2.36. The molecule has 1 atom stereocenters. The molecule has 5 rings (SSSR count). The van der Waals surface area contributed by atoms with Crippen molar-refractivity contribution in [2.24, 2.45) is 0 Å². The molecule has 4 aromatic rings. The van der Waals surface area contributed by atoms with E-state index < -0.39 is 0 Å². The Balaban J connectivity index is 0.00000423. The maximum absolute atomic E-state index is 13.3. The van der Waals surface area contributed by atoms with Gasteiger partial charge in [-0.1, -0.05) is 90.5 Å². The predicted molar refractivity (Wildman–Crippen MR) is 179 cm³/mol. The monoisotopic (exact) mass is 617 g/mol. The number of rotatable bonds is 13. The van der Waals surface area contributed by atoms with Crippen LogP contribution in [0.2, 0.25) is 5.02 Å². The van der Waals surface area contributed by atoms with Crippen LogP contribution in [-0.4, -0.2) is 23.8 Å². The summed E-state index contributed by atoms with van der Waals surface area (Å²) < 4.78 is 13.3. The zero-order chi connectivity index (χ0) is 29.4. The number of ketones is 1. The van der Waals surface area contributed by atoms with E-state index in [1.807, 2.05) is 6.07 Å². The molecule has 0 saturated heterocycles. The first kappa shape index (κ1) is 32.9. The highest BCUT2D eigenvalue weighted by Crippen LogP contribution is 2.42. The van der Waals surface area contributed by atoms with Crippen molar-refractivity contribution in [3.8, 4) is 0 Å². The highest BCUT2D eigenvalue weighted by molar-refractivity contribution is 6.30. The fourth-order valence-corrected chi connectivity index (χ4v) is 6.94. The van der Waals surface area contributed by atoms with Crippen LogP contribution in [0.4, 0.5) is 4.39 Å². The number of hydrogen-bond donors (Lipinski definition) is 0. The average molecular weight is 619 g/mol. The number of aryl methyl sites for hydroxylation is 1. The summed E-state index contributed by atoms with van der Waals surface area (Å²) in [6.07, 6.45) is 6.58. The van der Waals surface area contributed by atoms with Gasteiger partial charge in [-0.3, -0.25) is 9.69 Å². The Morgan fingerprint density at radius 3 is 2.14 bits per heavy atom. The van der Waals surface area contributed by atoms with Crippen LogP contribution in [0, 0.1) is 5.82 Å². The lowest BCUT2D eigenvalue weighted by atomic mass is 9.68. The molecule has 0 N–H and O–H groups in total. The van der Waals surface area contributed by atoms with Crippen molar-refractivity contribution in [3.63, 3.8) is 0 Å². The van der Waals surface area contributed by atoms with Crippen LogP contribution in [0.1, 0.15) is 79.3 Å². The van der Waals surface area contributed by atoms with Gasteiger partial charge in [-0.25, -0.2) is 4.39 Å². The number of fused-ring (bicyclic) bond motifs is 1. The molecule has 1 aliphatic heterocycles. The summed E-state index contributed by atoms with van der Waals surface area (Å²) >= 11 is 6.36. The van der Waals surface area contributed by atoms with Crippen LogP contribution in [-0.2, 0) is 23.1 Å². The lowest BCUT2D eigenvalue weighted by molar-refractivity contribution is -0.119. The van der Waals surface area contributed by atoms with Crippen molar-refractivity contribution in [3.05, 3.63) is 142 Å². The van der Waals surface area contributed by atoms with E-state index in [1.165, 1.54) is 34.4 Å². The minimum atomic E-state index is -0.243. The molecule has 5 heteroatoms. The number of carbonyl (C=O) groups is 1. The molecule has 4 aromatic carbocycles. The molecule has 0 spiro atoms. The third-order valence-corrected chi connectivity index (χ3v) is 9.38. The first-order chi connectivity index (χ1) is 20.4. The van der Waals surface area contributed by atoms with E-state index >= 15 is 0 Å². The lowest BCUT2D eigenvalue weighted by Gasteiger charge is -2.38. The molecule has 0 amide bonds. The topological polar surface area (TPSA) is 20.3 Å². The van der Waals surface area contributed by atoms with Crippen molar-refractivity contribution in [2.75, 3.05) is 13.1 Å². The summed E-state index contributed by atoms with van der Waals surface area (Å²) in [6, 6.07) is 34.9. The summed E-state index contributed by atoms with van der Waals surface area (Å²) in [6.45, 7) is 4.38. The maximum atomic E-state index is 13.3. The van der Waals surface area contributed by atoms with E-state index in [4.69, 9.17) is 11.6 Å². The van der Waals surface area contributed by atoms with Gasteiger partial charge in [0.2, 0.25) is 0 Å². The van der Waals surface area contributed by atoms with Crippen LogP contribution in [0.3, 0.4) is 0 Å². The predicted octanol–water partition coefficient (Wildman–Crippen LogP) is 9.96. The number of halogens is 3. The van der Waals surface area contributed by atoms with Crippen LogP contribution in [0.25, 0.3) is 0 Å². The average Bonchev–Trinajstić information content (AvgIpc) is 3.02. The fourth-order valence-electron chi connectivity index (χ4n) is 6.76. The van der Waals surface area contributed by atoms with Crippen LogP contribution >= 0.6 is 24.0 Å². The van der Waals surface area contributed by atoms with Gasteiger partial charge in [0.05, 0.1) is 0 Å². The van der Waals surface area contributed by atoms with Gasteiger partial charge in [0.1, 0.15) is 11.6 Å². The molecule has 2 nitrogen and oxygen atoms in total. The standard InChI is InChI=1S/C38H41ClFNO.ClH/c1-29-37-28-34(39)19-18-31(37)23-27-41(29)26-9-25-38(32-10-4-2-5-11-32,33-12-6-3-7-13-33)24-8-14-36(42)22-17-30-15-20-35(40)21-16-30;/h2-7,10-13,15-16,18-21,28-29H,8-9,14,17,22-27H2,1H3;1H. The molecular formula is C38H42Cl2FNO. The summed E-state index contributed by atoms with van der Waals surface area (Å²) in [5, 5.41) is 0.807. The van der Waals surface area contributed by atoms with E-state index in [0.29, 0.717) is 25.3 Å². The van der Waals surface area contributed by atoms with Crippen molar-refractivity contribution < 1.29 is 9.18 Å². The normalized spacial score (nSPS) is 15.0. The van der Waals surface area contributed by atoms with Gasteiger partial charge in [-0.2, -0.15) is 0 Å². The second kappa shape index (κ2) is 15.7. The first-order valence-corrected chi connectivity index (χ1v) is 15.7. The molecule has 0 fully saturated rings. The highest BCUT2D eigenvalue weighted by Gasteiger charge is 2.34. The number of Topliss-reactive ketones (excluding diaryl/α,β-unsaturated/α-hetero) is 1. The summed E-state index contributed by atoms with van der Waals surface area (Å²) in [5.74, 6) is 0.0287. The zero-order valence-electron chi connectivity index (χ0n) is 25.0. The summed E-state index contributed by atoms with van der Waals surface area (Å²) in [5.41, 5.74) is 6.24. The molecule has 1 unspecified atom stereocenters. The van der Waals surface area contributed by atoms with Gasteiger partial charge in [-0.15, -0.1) is 12.4 Å². The van der Waals surface area contributed by atoms with E-state index in [0.717, 1.165) is 55.8 Å². The zero-order valence-corrected chi connectivity index (χ0v) is 26.6. The quantitative estimate of drug-likeness (QED) is 0.149. The molecule has 1 heterocycles. The smallest absolute Gasteiger partial charge is 0.133 e. The van der Waals surface area contributed by atoms with Crippen molar-refractivity contribution in [1.82, 2.24) is 4.90 Å². The minimum Gasteiger partial charge on any atom is -0.300 e. The van der Waals surface area contributed by atoms with Gasteiger partial charge in [0.25, 0.3) is 0 Å². The highest BCUT2D eigenvalue weighted by atomic mass is 35.5.